The lowest BCUT2D eigenvalue weighted by molar-refractivity contribution is -1.92. The second-order valence-corrected chi connectivity index (χ2v) is 9.31. The minimum atomic E-state index is -4.69. The van der Waals surface area contributed by atoms with Gasteiger partial charge in [-0.1, -0.05) is 24.3 Å². The Morgan fingerprint density at radius 3 is 2.45 bits per heavy atom. The number of hydrogen-bond donors (Lipinski definition) is 2. The largest absolute Gasteiger partial charge is 0.504 e. The number of aromatic hydroxyl groups is 1. The first-order chi connectivity index (χ1) is 13.5. The topological polar surface area (TPSA) is 131 Å². The molecule has 2 aromatic carbocycles. The maximum atomic E-state index is 9.69. The summed E-state index contributed by atoms with van der Waals surface area (Å²) in [5.41, 5.74) is 3.04. The van der Waals surface area contributed by atoms with E-state index < -0.39 is 10.2 Å². The van der Waals surface area contributed by atoms with Gasteiger partial charge in [0.25, 0.3) is 0 Å². The number of benzene rings is 2. The third-order valence-corrected chi connectivity index (χ3v) is 5.06. The average Bonchev–Trinajstić information content (AvgIpc) is 2.73. The summed E-state index contributed by atoms with van der Waals surface area (Å²) < 4.78 is 38.0. The van der Waals surface area contributed by atoms with Gasteiger partial charge in [-0.05, 0) is 49.8 Å². The van der Waals surface area contributed by atoms with E-state index in [9.17, 15) is 5.11 Å². The molecular weight excluding hydrogens is 418 g/mol. The number of phenolic OH excluding ortho intramolecular Hbond substituents is 1. The van der Waals surface area contributed by atoms with E-state index in [-0.39, 0.29) is 10.5 Å². The number of halogens is 1. The number of thioether (sulfide) groups is 1. The molecule has 1 aliphatic rings. The highest BCUT2D eigenvalue weighted by Crippen LogP contribution is 2.43. The van der Waals surface area contributed by atoms with Crippen LogP contribution in [0.15, 0.2) is 58.4 Å². The lowest BCUT2D eigenvalue weighted by Gasteiger charge is -2.21. The van der Waals surface area contributed by atoms with Gasteiger partial charge in [-0.25, -0.2) is 0 Å². The normalized spacial score (nSPS) is 15.6. The van der Waals surface area contributed by atoms with E-state index in [4.69, 9.17) is 28.4 Å². The molecule has 3 rings (SSSR count). The van der Waals surface area contributed by atoms with E-state index in [2.05, 4.69) is 38.1 Å². The van der Waals surface area contributed by atoms with Crippen molar-refractivity contribution in [2.75, 3.05) is 7.11 Å². The van der Waals surface area contributed by atoms with Gasteiger partial charge in [0.05, 0.1) is 27.7 Å². The van der Waals surface area contributed by atoms with Crippen LogP contribution in [0.2, 0.25) is 0 Å². The van der Waals surface area contributed by atoms with E-state index in [0.717, 1.165) is 23.4 Å². The molecule has 0 aliphatic carbocycles. The number of aliphatic imine (C=N–C) groups is 1. The highest BCUT2D eigenvalue weighted by molar-refractivity contribution is 8.00. The summed E-state index contributed by atoms with van der Waals surface area (Å²) in [6, 6.07) is 13.6. The molecule has 1 aliphatic heterocycles. The number of allylic oxidation sites excluding steroid dienone is 1. The Hall–Kier alpha value is -2.07. The Bertz CT molecular complexity index is 902. The van der Waals surface area contributed by atoms with E-state index in [1.165, 1.54) is 4.90 Å². The van der Waals surface area contributed by atoms with Gasteiger partial charge >= 0.3 is 0 Å². The second kappa shape index (κ2) is 9.62. The van der Waals surface area contributed by atoms with Crippen LogP contribution in [-0.2, 0) is 0 Å². The standard InChI is InChI=1S/C20H21NO2S.ClHO4/c1-20(2)13-15(21-16-6-4-5-7-19(16)24-20)10-8-14-9-11-17(22)18(12-14)23-3;2-1(3,4)5/h4-12,22H,13H2,1-3H3;(H,2,3,4,5). The number of rotatable bonds is 3. The Morgan fingerprint density at radius 2 is 1.79 bits per heavy atom. The van der Waals surface area contributed by atoms with Crippen LogP contribution in [-0.4, -0.2) is 27.3 Å². The first-order valence-electron chi connectivity index (χ1n) is 8.51. The zero-order valence-corrected chi connectivity index (χ0v) is 17.7. The van der Waals surface area contributed by atoms with Crippen molar-refractivity contribution in [3.05, 3.63) is 54.1 Å². The van der Waals surface area contributed by atoms with E-state index in [1.54, 1.807) is 13.2 Å². The van der Waals surface area contributed by atoms with Crippen molar-refractivity contribution in [2.45, 2.75) is 29.9 Å². The zero-order chi connectivity index (χ0) is 21.7. The van der Waals surface area contributed by atoms with Crippen LogP contribution in [0.25, 0.3) is 6.08 Å². The third-order valence-electron chi connectivity index (χ3n) is 3.79. The Kier molecular flexibility index (Phi) is 7.70. The lowest BCUT2D eigenvalue weighted by atomic mass is 10.0. The number of hydrogen-bond acceptors (Lipinski definition) is 8. The summed E-state index contributed by atoms with van der Waals surface area (Å²) in [5, 5.41) is 9.69. The summed E-state index contributed by atoms with van der Waals surface area (Å²) in [5.74, 6) is 0.620. The molecule has 156 valence electrons. The molecule has 0 unspecified atom stereocenters. The highest BCUT2D eigenvalue weighted by atomic mass is 35.7. The van der Waals surface area contributed by atoms with Gasteiger partial charge in [0.2, 0.25) is 0 Å². The molecule has 0 radical (unpaired) electrons. The predicted octanol–water partition coefficient (Wildman–Crippen LogP) is 1.34. The molecule has 9 heteroatoms. The van der Waals surface area contributed by atoms with E-state index in [0.29, 0.717) is 5.75 Å². The van der Waals surface area contributed by atoms with Crippen LogP contribution >= 0.6 is 11.8 Å². The monoisotopic (exact) mass is 439 g/mol. The average molecular weight is 440 g/mol. The molecule has 0 spiro atoms. The van der Waals surface area contributed by atoms with Gasteiger partial charge in [0, 0.05) is 21.8 Å². The molecule has 29 heavy (non-hydrogen) atoms. The summed E-state index contributed by atoms with van der Waals surface area (Å²) >= 11 is 1.87. The minimum absolute atomic E-state index is 0.0857. The van der Waals surface area contributed by atoms with E-state index in [1.807, 2.05) is 36.0 Å². The quantitative estimate of drug-likeness (QED) is 0.737. The summed E-state index contributed by atoms with van der Waals surface area (Å²) in [4.78, 5) is 6.06. The highest BCUT2D eigenvalue weighted by Gasteiger charge is 2.25. The second-order valence-electron chi connectivity index (χ2n) is 6.77. The first kappa shape index (κ1) is 23.2. The zero-order valence-electron chi connectivity index (χ0n) is 16.2. The molecule has 2 aromatic rings. The number of ether oxygens (including phenoxy) is 1. The fourth-order valence-electron chi connectivity index (χ4n) is 2.69. The third kappa shape index (κ3) is 8.06. The van der Waals surface area contributed by atoms with Crippen LogP contribution < -0.4 is 18.7 Å². The van der Waals surface area contributed by atoms with Crippen LogP contribution in [0.3, 0.4) is 0 Å². The van der Waals surface area contributed by atoms with Crippen molar-refractivity contribution in [1.82, 2.24) is 0 Å². The maximum Gasteiger partial charge on any atom is 0.161 e. The molecule has 0 atom stereocenters. The molecule has 0 bridgehead atoms. The van der Waals surface area contributed by atoms with Crippen molar-refractivity contribution >= 4 is 29.2 Å². The summed E-state index contributed by atoms with van der Waals surface area (Å²) in [6.45, 7) is 4.49. The Morgan fingerprint density at radius 1 is 1.14 bits per heavy atom. The molecular formula is C20H22ClNO6S. The first-order valence-corrected chi connectivity index (χ1v) is 10.6. The van der Waals surface area contributed by atoms with Gasteiger partial charge < -0.3 is 9.84 Å². The van der Waals surface area contributed by atoms with Crippen molar-refractivity contribution in [2.24, 2.45) is 4.99 Å². The SMILES string of the molecule is COc1cc(C=CC2=Nc3ccccc3SC(C)(C)C2)ccc1O.[O-][Cl+3]([O-])([O-])O. The molecule has 0 fully saturated rings. The van der Waals surface area contributed by atoms with Gasteiger partial charge in [-0.2, -0.15) is 14.0 Å². The van der Waals surface area contributed by atoms with Crippen LogP contribution in [0.1, 0.15) is 25.8 Å². The molecule has 2 N–H and O–H groups in total. The van der Waals surface area contributed by atoms with Gasteiger partial charge in [0.15, 0.2) is 11.5 Å². The molecule has 0 saturated heterocycles. The molecule has 7 nitrogen and oxygen atoms in total. The number of phenols is 1. The van der Waals surface area contributed by atoms with Crippen molar-refractivity contribution in [3.63, 3.8) is 0 Å². The van der Waals surface area contributed by atoms with Gasteiger partial charge in [0.1, 0.15) is 0 Å². The number of methoxy groups -OCH3 is 1. The summed E-state index contributed by atoms with van der Waals surface area (Å²) in [7, 11) is -3.14. The molecule has 1 heterocycles. The smallest absolute Gasteiger partial charge is 0.161 e. The van der Waals surface area contributed by atoms with Gasteiger partial charge in [-0.15, -0.1) is 11.8 Å². The Labute approximate surface area is 175 Å². The number of para-hydroxylation sites is 1. The fourth-order valence-corrected chi connectivity index (χ4v) is 3.87. The number of fused-ring (bicyclic) bond motifs is 1. The van der Waals surface area contributed by atoms with Crippen molar-refractivity contribution < 1.29 is 38.7 Å². The molecule has 0 amide bonds. The van der Waals surface area contributed by atoms with Crippen molar-refractivity contribution in [3.8, 4) is 11.5 Å². The fraction of sp³-hybridized carbons (Fsp3) is 0.250. The van der Waals surface area contributed by atoms with Crippen molar-refractivity contribution in [1.29, 1.82) is 0 Å². The number of nitrogens with zero attached hydrogens (tertiary/aromatic N) is 1. The van der Waals surface area contributed by atoms with Gasteiger partial charge in [-0.3, -0.25) is 4.99 Å². The van der Waals surface area contributed by atoms with Crippen LogP contribution in [0.5, 0.6) is 11.5 Å². The van der Waals surface area contributed by atoms with Crippen LogP contribution in [0, 0.1) is 10.2 Å². The molecule has 0 saturated carbocycles. The minimum Gasteiger partial charge on any atom is -0.504 e. The summed E-state index contributed by atoms with van der Waals surface area (Å²) in [6.07, 6.45) is 4.95. The predicted molar refractivity (Wildman–Crippen MR) is 104 cm³/mol. The van der Waals surface area contributed by atoms with Crippen LogP contribution in [0.4, 0.5) is 5.69 Å². The molecule has 0 aromatic heterocycles. The Balaban J connectivity index is 0.000000537. The maximum absolute atomic E-state index is 9.69. The van der Waals surface area contributed by atoms with E-state index >= 15 is 0 Å². The lowest BCUT2D eigenvalue weighted by Crippen LogP contribution is -2.58.